The van der Waals surface area contributed by atoms with Crippen LogP contribution < -0.4 is 18.3 Å². The first-order chi connectivity index (χ1) is 32.4. The Balaban J connectivity index is 0.000000121. The van der Waals surface area contributed by atoms with E-state index in [2.05, 4.69) is 176 Å². The van der Waals surface area contributed by atoms with E-state index in [-0.39, 0.29) is 0 Å². The highest BCUT2D eigenvalue weighted by Gasteiger charge is 2.08. The highest BCUT2D eigenvalue weighted by molar-refractivity contribution is 5.81. The number of nitrogens with one attached hydrogen (secondary N) is 2. The molecule has 4 aliphatic heterocycles. The van der Waals surface area contributed by atoms with E-state index in [0.717, 1.165) is 43.4 Å². The molecule has 0 saturated carbocycles. The van der Waals surface area contributed by atoms with E-state index in [1.807, 2.05) is 71.0 Å². The van der Waals surface area contributed by atoms with Gasteiger partial charge >= 0.3 is 0 Å². The molecule has 0 aliphatic carbocycles. The van der Waals surface area contributed by atoms with Crippen LogP contribution in [-0.2, 0) is 42.3 Å². The number of H-pyrrole nitrogens is 2. The predicted octanol–water partition coefficient (Wildman–Crippen LogP) is 8.29. The van der Waals surface area contributed by atoms with Crippen molar-refractivity contribution in [2.45, 2.75) is 41.5 Å². The molecule has 0 spiro atoms. The maximum atomic E-state index is 9.03. The molecule has 0 fully saturated rings. The lowest BCUT2D eigenvalue weighted by atomic mass is 10.2. The molecule has 12 heterocycles. The molecule has 0 atom stereocenters. The molecule has 0 bridgehead atoms. The van der Waals surface area contributed by atoms with Gasteiger partial charge in [0.25, 0.3) is 0 Å². The number of fused-ring (bicyclic) bond motifs is 6. The molecule has 0 aromatic carbocycles. The molecule has 14 nitrogen and oxygen atoms in total. The summed E-state index contributed by atoms with van der Waals surface area (Å²) < 4.78 is 14.7. The summed E-state index contributed by atoms with van der Waals surface area (Å²) in [6, 6.07) is 24.7. The maximum Gasteiger partial charge on any atom is 0.193 e. The summed E-state index contributed by atoms with van der Waals surface area (Å²) >= 11 is 0. The number of aromatic nitrogens is 12. The third-order valence-electron chi connectivity index (χ3n) is 11.6. The van der Waals surface area contributed by atoms with Gasteiger partial charge in [0.05, 0.1) is 45.6 Å². The Hall–Kier alpha value is -8.26. The Bertz CT molecular complexity index is 3390. The molecule has 0 saturated heterocycles. The molecular weight excluding hydrogens is 849 g/mol. The molecule has 12 rings (SSSR count). The fourth-order valence-corrected chi connectivity index (χ4v) is 8.00. The van der Waals surface area contributed by atoms with Crippen LogP contribution in [0.2, 0.25) is 0 Å². The maximum absolute atomic E-state index is 9.03. The Morgan fingerprint density at radius 3 is 1.69 bits per heavy atom. The van der Waals surface area contributed by atoms with E-state index >= 15 is 0 Å². The summed E-state index contributed by atoms with van der Waals surface area (Å²) in [5.74, 6) is 0. The largest absolute Gasteiger partial charge is 0.429 e. The van der Waals surface area contributed by atoms with Gasteiger partial charge in [-0.05, 0) is 90.1 Å². The lowest BCUT2D eigenvalue weighted by molar-refractivity contribution is -0.670. The molecule has 14 heteroatoms. The van der Waals surface area contributed by atoms with Crippen molar-refractivity contribution < 1.29 is 28.7 Å². The van der Waals surface area contributed by atoms with Crippen LogP contribution in [0.1, 0.15) is 34.2 Å². The summed E-state index contributed by atoms with van der Waals surface area (Å²) in [6.45, 7) is 12.3. The lowest BCUT2D eigenvalue weighted by Gasteiger charge is -1.98. The topological polar surface area (TPSA) is 133 Å². The average Bonchev–Trinajstić information content (AvgIpc) is 4.13. The molecule has 0 radical (unpaired) electrons. The first-order valence-corrected chi connectivity index (χ1v) is 22.4. The molecular formula is C54H64N12O2+4. The Kier molecular flexibility index (Phi) is 14.4. The Morgan fingerprint density at radius 2 is 0.971 bits per heavy atom. The van der Waals surface area contributed by atoms with Crippen LogP contribution in [0.4, 0.5) is 0 Å². The van der Waals surface area contributed by atoms with Crippen LogP contribution in [0.3, 0.4) is 0 Å². The second-order valence-corrected chi connectivity index (χ2v) is 17.6. The van der Waals surface area contributed by atoms with Crippen molar-refractivity contribution in [2.24, 2.45) is 42.3 Å². The van der Waals surface area contributed by atoms with E-state index in [1.54, 1.807) is 30.9 Å². The Morgan fingerprint density at radius 1 is 0.456 bits per heavy atom. The van der Waals surface area contributed by atoms with E-state index in [0.29, 0.717) is 0 Å². The molecule has 0 unspecified atom stereocenters. The van der Waals surface area contributed by atoms with Gasteiger partial charge in [0.1, 0.15) is 39.2 Å². The van der Waals surface area contributed by atoms with Gasteiger partial charge in [0, 0.05) is 107 Å². The standard InChI is InChI=1S/2C10H13N2.2C9H10N2.2C8H8N2O/c1-8-6-9-7-11(2)5-4-10(9)12(8)3;1-8-6-9-4-5-11(2)7-10(9)12(8)3;1-7-5-8-6-11(2)4-3-9(8)10-7;1-7-5-8-3-4-11(2)6-9(8)10-7;1-6-4-7-5-10(11)3-2-8(7)9-6;1-6-4-7-2-3-10(11)5-8(7)9-6/h2*4-7H,1-3H3;2*3-6H,1-2H3;2*2-5,11H,1H3/q2*+1;;;;/p+2. The smallest absolute Gasteiger partial charge is 0.193 e. The number of rotatable bonds is 0. The molecule has 8 aromatic rings. The zero-order valence-corrected chi connectivity index (χ0v) is 41.2. The van der Waals surface area contributed by atoms with E-state index in [9.17, 15) is 0 Å². The molecule has 4 aliphatic rings. The van der Waals surface area contributed by atoms with Crippen molar-refractivity contribution in [3.8, 4) is 22.5 Å². The average molecular weight is 913 g/mol. The zero-order chi connectivity index (χ0) is 48.8. The van der Waals surface area contributed by atoms with Crippen LogP contribution in [0.15, 0.2) is 147 Å². The van der Waals surface area contributed by atoms with Crippen molar-refractivity contribution >= 4 is 43.6 Å². The summed E-state index contributed by atoms with van der Waals surface area (Å²) in [5, 5.41) is 23.2. The van der Waals surface area contributed by atoms with Gasteiger partial charge in [0.15, 0.2) is 49.6 Å². The number of aromatic amines is 2. The number of nitrogens with zero attached hydrogens (tertiary/aromatic N) is 10. The van der Waals surface area contributed by atoms with Crippen LogP contribution in [0.5, 0.6) is 0 Å². The van der Waals surface area contributed by atoms with E-state index in [1.165, 1.54) is 66.4 Å². The predicted molar refractivity (Wildman–Crippen MR) is 268 cm³/mol. The minimum absolute atomic E-state index is 0.826. The lowest BCUT2D eigenvalue weighted by Crippen LogP contribution is -2.26. The Labute approximate surface area is 397 Å². The van der Waals surface area contributed by atoms with Crippen LogP contribution in [0, 0.1) is 41.5 Å². The summed E-state index contributed by atoms with van der Waals surface area (Å²) in [5.41, 5.74) is 15.8. The number of aryl methyl sites for hydroxylation is 12. The number of hydrogen-bond acceptors (Lipinski definition) is 4. The molecule has 68 heavy (non-hydrogen) atoms. The number of pyridine rings is 6. The molecule has 348 valence electrons. The van der Waals surface area contributed by atoms with Crippen molar-refractivity contribution in [1.82, 2.24) is 38.5 Å². The quantitative estimate of drug-likeness (QED) is 0.0901. The van der Waals surface area contributed by atoms with Gasteiger partial charge in [0.2, 0.25) is 0 Å². The first-order valence-electron chi connectivity index (χ1n) is 22.4. The van der Waals surface area contributed by atoms with Crippen LogP contribution in [-0.4, -0.2) is 48.9 Å². The van der Waals surface area contributed by atoms with Gasteiger partial charge in [-0.25, -0.2) is 23.0 Å². The number of hydrogen-bond donors (Lipinski definition) is 4. The van der Waals surface area contributed by atoms with Gasteiger partial charge in [-0.3, -0.25) is 9.97 Å². The fourth-order valence-electron chi connectivity index (χ4n) is 8.00. The van der Waals surface area contributed by atoms with Gasteiger partial charge in [-0.1, -0.05) is 0 Å². The minimum atomic E-state index is 0.826. The van der Waals surface area contributed by atoms with Crippen LogP contribution >= 0.6 is 0 Å². The van der Waals surface area contributed by atoms with Crippen LogP contribution in [0.25, 0.3) is 66.1 Å². The molecule has 8 aromatic heterocycles. The first kappa shape index (κ1) is 47.7. The monoisotopic (exact) mass is 913 g/mol. The summed E-state index contributed by atoms with van der Waals surface area (Å²) in [6.07, 6.45) is 23.1. The van der Waals surface area contributed by atoms with Gasteiger partial charge < -0.3 is 29.5 Å². The summed E-state index contributed by atoms with van der Waals surface area (Å²) in [4.78, 5) is 15.0. The van der Waals surface area contributed by atoms with Crippen molar-refractivity contribution in [1.29, 1.82) is 0 Å². The van der Waals surface area contributed by atoms with Crippen molar-refractivity contribution in [3.63, 3.8) is 0 Å². The van der Waals surface area contributed by atoms with E-state index < -0.39 is 0 Å². The minimum Gasteiger partial charge on any atom is -0.429 e. The van der Waals surface area contributed by atoms with Crippen molar-refractivity contribution in [3.05, 3.63) is 181 Å². The highest BCUT2D eigenvalue weighted by Crippen LogP contribution is 2.22. The normalized spacial score (nSPS) is 10.8. The fraction of sp³-hybridized carbons (Fsp3) is 0.222. The van der Waals surface area contributed by atoms with Gasteiger partial charge in [-0.2, -0.15) is 4.73 Å². The third-order valence-corrected chi connectivity index (χ3v) is 11.6. The molecule has 4 N–H and O–H groups in total. The zero-order valence-electron chi connectivity index (χ0n) is 41.2. The highest BCUT2D eigenvalue weighted by atomic mass is 16.5. The third kappa shape index (κ3) is 11.8. The van der Waals surface area contributed by atoms with Gasteiger partial charge in [-0.15, -0.1) is 0 Å². The summed E-state index contributed by atoms with van der Waals surface area (Å²) in [7, 11) is 12.3. The second kappa shape index (κ2) is 20.5. The van der Waals surface area contributed by atoms with E-state index in [4.69, 9.17) is 10.4 Å². The SMILES string of the molecule is Cc1cc2c[n+](C)ccc2[nH]1.Cc1cc2c[n+](C)ccc2n1C.Cc1cc2cc[n+](C)cc2[nH]1.Cc1cc2cc[n+](C)cc2n1C.Cc1cc2ccn(O)cc-2n1.Cc1cc2cn(O)ccc-2n1. The second-order valence-electron chi connectivity index (χ2n) is 17.6. The van der Waals surface area contributed by atoms with Crippen molar-refractivity contribution in [2.75, 3.05) is 0 Å². The molecule has 0 amide bonds.